The van der Waals surface area contributed by atoms with E-state index in [4.69, 9.17) is 43.3 Å². The molecule has 12 heteroatoms. The molecule has 3 aromatic carbocycles. The number of nitrogens with two attached hydrogens (primary N) is 1. The quantitative estimate of drug-likeness (QED) is 0.0986. The second-order valence-electron chi connectivity index (χ2n) is 8.97. The van der Waals surface area contributed by atoms with Gasteiger partial charge in [0.1, 0.15) is 12.2 Å². The van der Waals surface area contributed by atoms with Crippen LogP contribution < -0.4 is 26.2 Å². The summed E-state index contributed by atoms with van der Waals surface area (Å²) in [5.74, 6) is 5.66. The molecule has 1 heterocycles. The van der Waals surface area contributed by atoms with Crippen LogP contribution in [0.15, 0.2) is 65.5 Å². The van der Waals surface area contributed by atoms with Gasteiger partial charge in [0.25, 0.3) is 17.4 Å². The average Bonchev–Trinajstić information content (AvgIpc) is 2.96. The molecule has 0 saturated carbocycles. The number of hydrogen-bond acceptors (Lipinski definition) is 7. The van der Waals surface area contributed by atoms with E-state index in [2.05, 4.69) is 10.3 Å². The second kappa shape index (κ2) is 13.5. The fraction of sp³-hybridized carbons (Fsp3) is 0.207. The lowest BCUT2D eigenvalue weighted by Gasteiger charge is -2.18. The van der Waals surface area contributed by atoms with Crippen molar-refractivity contribution in [2.75, 3.05) is 39.3 Å². The van der Waals surface area contributed by atoms with Crippen molar-refractivity contribution in [1.82, 2.24) is 9.99 Å². The number of halogens is 2. The van der Waals surface area contributed by atoms with Crippen LogP contribution in [0.1, 0.15) is 26.3 Å². The maximum atomic E-state index is 13.2. The molecule has 214 valence electrons. The fourth-order valence-corrected chi connectivity index (χ4v) is 4.42. The Balaban J connectivity index is 1.53. The molecule has 0 spiro atoms. The first kappa shape index (κ1) is 29.9. The highest BCUT2D eigenvalue weighted by molar-refractivity contribution is 6.34. The lowest BCUT2D eigenvalue weighted by Crippen LogP contribution is -2.39. The zero-order valence-corrected chi connectivity index (χ0v) is 23.8. The molecule has 0 saturated heterocycles. The minimum absolute atomic E-state index is 0.142. The third-order valence-electron chi connectivity index (χ3n) is 6.17. The number of aromatic nitrogens is 1. The number of methoxy groups -OCH3 is 2. The molecule has 0 bridgehead atoms. The molecule has 0 aliphatic carbocycles. The van der Waals surface area contributed by atoms with Gasteiger partial charge in [-0.3, -0.25) is 19.4 Å². The van der Waals surface area contributed by atoms with Crippen molar-refractivity contribution >= 4 is 51.6 Å². The molecular formula is C29H28Cl2N4O6. The number of rotatable bonds is 11. The normalized spacial score (nSPS) is 10.9. The summed E-state index contributed by atoms with van der Waals surface area (Å²) in [4.78, 5) is 41.6. The van der Waals surface area contributed by atoms with Gasteiger partial charge in [-0.2, -0.15) is 0 Å². The molecule has 4 N–H and O–H groups in total. The van der Waals surface area contributed by atoms with Gasteiger partial charge in [0.15, 0.2) is 11.5 Å². The van der Waals surface area contributed by atoms with Gasteiger partial charge in [-0.1, -0.05) is 35.3 Å². The lowest BCUT2D eigenvalue weighted by molar-refractivity contribution is 0.0757. The number of carbonyl (C=O) groups excluding carboxylic acids is 2. The van der Waals surface area contributed by atoms with Crippen LogP contribution in [0, 0.1) is 0 Å². The van der Waals surface area contributed by atoms with Gasteiger partial charge in [-0.05, 0) is 54.4 Å². The highest BCUT2D eigenvalue weighted by Crippen LogP contribution is 2.32. The van der Waals surface area contributed by atoms with Gasteiger partial charge in [-0.15, -0.1) is 0 Å². The summed E-state index contributed by atoms with van der Waals surface area (Å²) in [6.07, 6.45) is 0.496. The average molecular weight is 599 g/mol. The number of hydrogen-bond donors (Lipinski definition) is 3. The lowest BCUT2D eigenvalue weighted by atomic mass is 10.1. The van der Waals surface area contributed by atoms with Crippen LogP contribution in [0.2, 0.25) is 10.0 Å². The summed E-state index contributed by atoms with van der Waals surface area (Å²) < 4.78 is 16.1. The molecule has 0 aliphatic rings. The van der Waals surface area contributed by atoms with Gasteiger partial charge in [0.2, 0.25) is 0 Å². The van der Waals surface area contributed by atoms with Gasteiger partial charge in [0, 0.05) is 35.7 Å². The molecule has 4 rings (SSSR count). The molecule has 2 amide bonds. The molecule has 0 unspecified atom stereocenters. The molecule has 1 aromatic heterocycles. The number of benzene rings is 3. The smallest absolute Gasteiger partial charge is 0.267 e. The van der Waals surface area contributed by atoms with Crippen LogP contribution in [0.3, 0.4) is 0 Å². The number of carbonyl (C=O) groups is 2. The molecule has 0 aliphatic heterocycles. The number of aromatic amines is 1. The zero-order chi connectivity index (χ0) is 29.5. The van der Waals surface area contributed by atoms with Crippen molar-refractivity contribution in [2.45, 2.75) is 6.42 Å². The molecule has 41 heavy (non-hydrogen) atoms. The van der Waals surface area contributed by atoms with Crippen molar-refractivity contribution in [3.63, 3.8) is 0 Å². The van der Waals surface area contributed by atoms with Crippen LogP contribution in [0.25, 0.3) is 10.9 Å². The Bertz CT molecular complexity index is 1640. The third kappa shape index (κ3) is 7.36. The van der Waals surface area contributed by atoms with E-state index < -0.39 is 17.4 Å². The Morgan fingerprint density at radius 3 is 2.54 bits per heavy atom. The SMILES string of the molecule is COCCOc1cc2cc(C(=O)Nc3cc(C(=O)N(N)CCc4cccc(Cl)c4)ccc3Cl)c(=O)[nH]c2cc1OC. The van der Waals surface area contributed by atoms with Gasteiger partial charge >= 0.3 is 0 Å². The Kier molecular flexibility index (Phi) is 9.85. The molecule has 0 atom stereocenters. The van der Waals surface area contributed by atoms with Gasteiger partial charge < -0.3 is 24.5 Å². The van der Waals surface area contributed by atoms with Crippen molar-refractivity contribution < 1.29 is 23.8 Å². The van der Waals surface area contributed by atoms with Crippen LogP contribution in [0.4, 0.5) is 5.69 Å². The number of amides is 2. The Labute approximate surface area is 245 Å². The first-order valence-electron chi connectivity index (χ1n) is 12.5. The second-order valence-corrected chi connectivity index (χ2v) is 9.81. The van der Waals surface area contributed by atoms with Crippen LogP contribution in [-0.4, -0.2) is 55.8 Å². The van der Waals surface area contributed by atoms with Crippen LogP contribution in [0.5, 0.6) is 11.5 Å². The summed E-state index contributed by atoms with van der Waals surface area (Å²) >= 11 is 12.3. The van der Waals surface area contributed by atoms with E-state index in [1.165, 1.54) is 31.4 Å². The van der Waals surface area contributed by atoms with E-state index in [9.17, 15) is 14.4 Å². The monoisotopic (exact) mass is 598 g/mol. The summed E-state index contributed by atoms with van der Waals surface area (Å²) in [7, 11) is 3.04. The molecule has 0 fully saturated rings. The van der Waals surface area contributed by atoms with Gasteiger partial charge in [0.05, 0.1) is 29.9 Å². The summed E-state index contributed by atoms with van der Waals surface area (Å²) in [5, 5.41) is 5.00. The predicted molar refractivity (Wildman–Crippen MR) is 158 cm³/mol. The number of fused-ring (bicyclic) bond motifs is 1. The molecule has 0 radical (unpaired) electrons. The molecule has 10 nitrogen and oxygen atoms in total. The number of H-pyrrole nitrogens is 1. The Morgan fingerprint density at radius 2 is 1.80 bits per heavy atom. The molecular weight excluding hydrogens is 571 g/mol. The highest BCUT2D eigenvalue weighted by Gasteiger charge is 2.19. The van der Waals surface area contributed by atoms with Crippen molar-refractivity contribution in [3.05, 3.63) is 97.8 Å². The minimum Gasteiger partial charge on any atom is -0.493 e. The zero-order valence-electron chi connectivity index (χ0n) is 22.3. The number of pyridine rings is 1. The first-order valence-corrected chi connectivity index (χ1v) is 13.2. The van der Waals surface area contributed by atoms with E-state index in [0.29, 0.717) is 40.5 Å². The number of ether oxygens (including phenoxy) is 3. The number of hydrazine groups is 1. The summed E-state index contributed by atoms with van der Waals surface area (Å²) in [6, 6.07) is 16.4. The maximum absolute atomic E-state index is 13.2. The Hall–Kier alpha value is -4.09. The minimum atomic E-state index is -0.720. The number of nitrogens with zero attached hydrogens (tertiary/aromatic N) is 1. The standard InChI is InChI=1S/C29H28Cl2N4O6/c1-39-10-11-41-26-15-19-13-21(27(36)33-23(19)16-25(26)40-2)28(37)34-24-14-18(6-7-22(24)31)29(38)35(32)9-8-17-4-3-5-20(30)12-17/h3-7,12-16H,8-11,32H2,1-2H3,(H,33,36)(H,34,37). The van der Waals surface area contributed by atoms with E-state index in [1.807, 2.05) is 12.1 Å². The fourth-order valence-electron chi connectivity index (χ4n) is 4.04. The van der Waals surface area contributed by atoms with Crippen LogP contribution in [-0.2, 0) is 11.2 Å². The Morgan fingerprint density at radius 1 is 1.00 bits per heavy atom. The summed E-state index contributed by atoms with van der Waals surface area (Å²) in [5.41, 5.74) is 0.938. The van der Waals surface area contributed by atoms with E-state index >= 15 is 0 Å². The van der Waals surface area contributed by atoms with E-state index in [-0.39, 0.29) is 35.0 Å². The van der Waals surface area contributed by atoms with E-state index in [0.717, 1.165) is 10.6 Å². The van der Waals surface area contributed by atoms with Gasteiger partial charge in [-0.25, -0.2) is 5.84 Å². The number of nitrogens with one attached hydrogen (secondary N) is 2. The molecule has 4 aromatic rings. The first-order chi connectivity index (χ1) is 19.7. The largest absolute Gasteiger partial charge is 0.493 e. The summed E-state index contributed by atoms with van der Waals surface area (Å²) in [6.45, 7) is 0.883. The van der Waals surface area contributed by atoms with Crippen molar-refractivity contribution in [2.24, 2.45) is 5.84 Å². The predicted octanol–water partition coefficient (Wildman–Crippen LogP) is 4.68. The van der Waals surface area contributed by atoms with E-state index in [1.54, 1.807) is 31.4 Å². The number of anilines is 1. The third-order valence-corrected chi connectivity index (χ3v) is 6.74. The maximum Gasteiger partial charge on any atom is 0.267 e. The highest BCUT2D eigenvalue weighted by atomic mass is 35.5. The topological polar surface area (TPSA) is 136 Å². The van der Waals surface area contributed by atoms with Crippen molar-refractivity contribution in [1.29, 1.82) is 0 Å². The van der Waals surface area contributed by atoms with Crippen molar-refractivity contribution in [3.8, 4) is 11.5 Å². The van der Waals surface area contributed by atoms with Crippen LogP contribution >= 0.6 is 23.2 Å².